The van der Waals surface area contributed by atoms with E-state index in [-0.39, 0.29) is 23.5 Å². The van der Waals surface area contributed by atoms with Crippen LogP contribution in [0.5, 0.6) is 0 Å². The fourth-order valence-corrected chi connectivity index (χ4v) is 5.23. The Bertz CT molecular complexity index is 909. The van der Waals surface area contributed by atoms with Gasteiger partial charge in [-0.25, -0.2) is 4.98 Å². The maximum Gasteiger partial charge on any atom is 0.240 e. The summed E-state index contributed by atoms with van der Waals surface area (Å²) < 4.78 is 12.6. The summed E-state index contributed by atoms with van der Waals surface area (Å²) in [5.74, 6) is -0.209. The van der Waals surface area contributed by atoms with Crippen molar-refractivity contribution in [2.45, 2.75) is 37.9 Å². The highest BCUT2D eigenvalue weighted by molar-refractivity contribution is 7.22. The molecule has 2 saturated heterocycles. The summed E-state index contributed by atoms with van der Waals surface area (Å²) in [4.78, 5) is 30.4. The zero-order valence-corrected chi connectivity index (χ0v) is 17.5. The molecule has 156 valence electrons. The summed E-state index contributed by atoms with van der Waals surface area (Å²) in [7, 11) is 1.74. The number of carbonyl (C=O) groups excluding carboxylic acids is 2. The topological polar surface area (TPSA) is 92.8 Å². The predicted octanol–water partition coefficient (Wildman–Crippen LogP) is 2.46. The number of fused-ring (bicyclic) bond motifs is 1. The quantitative estimate of drug-likeness (QED) is 0.775. The number of hydrogen-bond donors (Lipinski definition) is 2. The van der Waals surface area contributed by atoms with Crippen LogP contribution in [0.4, 0.5) is 10.8 Å². The fraction of sp³-hybridized carbons (Fsp3) is 0.550. The Kier molecular flexibility index (Phi) is 5.82. The van der Waals surface area contributed by atoms with Crippen molar-refractivity contribution in [3.63, 3.8) is 0 Å². The standard InChI is InChI=1S/C20H26N4O4S/c1-13(25)21-14-4-5-15-16(10-14)29-19(22-15)23-18(26)11-24-8-6-17(27-2)20(12-24)7-3-9-28-20/h4-5,10,17H,3,6-9,11-12H2,1-2H3,(H,21,25)(H,22,23,26)/t17-,20+/m1/s1. The fourth-order valence-electron chi connectivity index (χ4n) is 4.31. The van der Waals surface area contributed by atoms with Crippen molar-refractivity contribution in [1.82, 2.24) is 9.88 Å². The van der Waals surface area contributed by atoms with Gasteiger partial charge in [-0.1, -0.05) is 11.3 Å². The van der Waals surface area contributed by atoms with Crippen molar-refractivity contribution in [3.8, 4) is 0 Å². The number of thiazole rings is 1. The van der Waals surface area contributed by atoms with Gasteiger partial charge >= 0.3 is 0 Å². The number of ether oxygens (including phenoxy) is 2. The van der Waals surface area contributed by atoms with E-state index < -0.39 is 0 Å². The summed E-state index contributed by atoms with van der Waals surface area (Å²) in [5, 5.41) is 6.23. The largest absolute Gasteiger partial charge is 0.378 e. The molecule has 0 saturated carbocycles. The van der Waals surface area contributed by atoms with Gasteiger partial charge in [0.25, 0.3) is 0 Å². The molecule has 2 N–H and O–H groups in total. The zero-order chi connectivity index (χ0) is 20.4. The Hall–Kier alpha value is -2.07. The Morgan fingerprint density at radius 3 is 3.00 bits per heavy atom. The zero-order valence-electron chi connectivity index (χ0n) is 16.7. The Balaban J connectivity index is 1.39. The monoisotopic (exact) mass is 418 g/mol. The van der Waals surface area contributed by atoms with Gasteiger partial charge in [-0.15, -0.1) is 0 Å². The van der Waals surface area contributed by atoms with Gasteiger partial charge in [-0.3, -0.25) is 14.5 Å². The van der Waals surface area contributed by atoms with Crippen LogP contribution in [0.15, 0.2) is 18.2 Å². The number of carbonyl (C=O) groups is 2. The average Bonchev–Trinajstić information content (AvgIpc) is 3.28. The SMILES string of the molecule is CO[C@@H]1CCN(CC(=O)Nc2nc3ccc(NC(C)=O)cc3s2)C[C@@]12CCCO2. The summed E-state index contributed by atoms with van der Waals surface area (Å²) in [6, 6.07) is 5.50. The highest BCUT2D eigenvalue weighted by Crippen LogP contribution is 2.36. The lowest BCUT2D eigenvalue weighted by atomic mass is 9.87. The van der Waals surface area contributed by atoms with E-state index in [1.165, 1.54) is 18.3 Å². The average molecular weight is 419 g/mol. The molecule has 0 aliphatic carbocycles. The van der Waals surface area contributed by atoms with Gasteiger partial charge < -0.3 is 20.1 Å². The number of likely N-dealkylation sites (tertiary alicyclic amines) is 1. The molecule has 1 spiro atoms. The van der Waals surface area contributed by atoms with Crippen LogP contribution in [0, 0.1) is 0 Å². The molecule has 1 aromatic heterocycles. The number of rotatable bonds is 5. The van der Waals surface area contributed by atoms with Crippen LogP contribution < -0.4 is 10.6 Å². The predicted molar refractivity (Wildman–Crippen MR) is 112 cm³/mol. The maximum atomic E-state index is 12.6. The number of aromatic nitrogens is 1. The first-order chi connectivity index (χ1) is 14.0. The molecule has 0 unspecified atom stereocenters. The van der Waals surface area contributed by atoms with Gasteiger partial charge in [-0.05, 0) is 37.5 Å². The molecule has 2 aromatic rings. The second-order valence-corrected chi connectivity index (χ2v) is 8.70. The van der Waals surface area contributed by atoms with E-state index in [1.54, 1.807) is 13.2 Å². The van der Waals surface area contributed by atoms with E-state index in [2.05, 4.69) is 20.5 Å². The number of methoxy groups -OCH3 is 1. The molecule has 0 radical (unpaired) electrons. The van der Waals surface area contributed by atoms with Crippen molar-refractivity contribution >= 4 is 44.2 Å². The summed E-state index contributed by atoms with van der Waals surface area (Å²) >= 11 is 1.39. The highest BCUT2D eigenvalue weighted by Gasteiger charge is 2.47. The van der Waals surface area contributed by atoms with Crippen molar-refractivity contribution in [3.05, 3.63) is 18.2 Å². The molecule has 29 heavy (non-hydrogen) atoms. The number of benzene rings is 1. The van der Waals surface area contributed by atoms with Crippen molar-refractivity contribution < 1.29 is 19.1 Å². The number of amides is 2. The van der Waals surface area contributed by atoms with Crippen molar-refractivity contribution in [1.29, 1.82) is 0 Å². The third-order valence-electron chi connectivity index (χ3n) is 5.53. The lowest BCUT2D eigenvalue weighted by Gasteiger charge is -2.44. The van der Waals surface area contributed by atoms with E-state index in [0.717, 1.165) is 48.3 Å². The van der Waals surface area contributed by atoms with E-state index >= 15 is 0 Å². The van der Waals surface area contributed by atoms with Gasteiger partial charge in [0.15, 0.2) is 5.13 Å². The maximum absolute atomic E-state index is 12.6. The summed E-state index contributed by atoms with van der Waals surface area (Å²) in [6.07, 6.45) is 2.95. The molecule has 3 heterocycles. The second-order valence-electron chi connectivity index (χ2n) is 7.67. The minimum atomic E-state index is -0.288. The minimum Gasteiger partial charge on any atom is -0.378 e. The molecule has 0 bridgehead atoms. The van der Waals surface area contributed by atoms with Crippen molar-refractivity contribution in [2.24, 2.45) is 0 Å². The van der Waals surface area contributed by atoms with Gasteiger partial charge in [0.1, 0.15) is 5.60 Å². The van der Waals surface area contributed by atoms with Crippen LogP contribution in [0.25, 0.3) is 10.2 Å². The summed E-state index contributed by atoms with van der Waals surface area (Å²) in [6.45, 7) is 4.04. The van der Waals surface area contributed by atoms with Crippen LogP contribution in [0.3, 0.4) is 0 Å². The van der Waals surface area contributed by atoms with Crippen LogP contribution in [0.1, 0.15) is 26.2 Å². The van der Waals surface area contributed by atoms with Gasteiger partial charge in [-0.2, -0.15) is 0 Å². The third kappa shape index (κ3) is 4.42. The minimum absolute atomic E-state index is 0.0878. The van der Waals surface area contributed by atoms with Crippen molar-refractivity contribution in [2.75, 3.05) is 44.0 Å². The van der Waals surface area contributed by atoms with Gasteiger partial charge in [0, 0.05) is 39.4 Å². The first kappa shape index (κ1) is 20.2. The van der Waals surface area contributed by atoms with E-state index in [0.29, 0.717) is 18.2 Å². The molecule has 1 aromatic carbocycles. The number of hydrogen-bond acceptors (Lipinski definition) is 7. The Labute approximate surface area is 173 Å². The first-order valence-corrected chi connectivity index (χ1v) is 10.7. The van der Waals surface area contributed by atoms with Crippen LogP contribution >= 0.6 is 11.3 Å². The number of anilines is 2. The van der Waals surface area contributed by atoms with E-state index in [1.807, 2.05) is 12.1 Å². The molecule has 2 atom stereocenters. The molecule has 8 nitrogen and oxygen atoms in total. The van der Waals surface area contributed by atoms with Crippen LogP contribution in [-0.4, -0.2) is 66.8 Å². The van der Waals surface area contributed by atoms with Gasteiger partial charge in [0.05, 0.1) is 22.9 Å². The highest BCUT2D eigenvalue weighted by atomic mass is 32.1. The molecule has 4 rings (SSSR count). The number of nitrogens with zero attached hydrogens (tertiary/aromatic N) is 2. The lowest BCUT2D eigenvalue weighted by molar-refractivity contribution is -0.146. The van der Waals surface area contributed by atoms with Gasteiger partial charge in [0.2, 0.25) is 11.8 Å². The number of piperidine rings is 1. The van der Waals surface area contributed by atoms with Crippen LogP contribution in [0.2, 0.25) is 0 Å². The third-order valence-corrected chi connectivity index (χ3v) is 6.46. The molecule has 2 aliphatic rings. The Morgan fingerprint density at radius 1 is 1.41 bits per heavy atom. The molecule has 2 aliphatic heterocycles. The first-order valence-electron chi connectivity index (χ1n) is 9.84. The number of nitrogens with one attached hydrogen (secondary N) is 2. The van der Waals surface area contributed by atoms with E-state index in [4.69, 9.17) is 9.47 Å². The Morgan fingerprint density at radius 2 is 2.28 bits per heavy atom. The molecule has 2 amide bonds. The molecule has 2 fully saturated rings. The molecular weight excluding hydrogens is 392 g/mol. The smallest absolute Gasteiger partial charge is 0.240 e. The normalized spacial score (nSPS) is 24.8. The summed E-state index contributed by atoms with van der Waals surface area (Å²) in [5.41, 5.74) is 1.22. The van der Waals surface area contributed by atoms with Crippen LogP contribution in [-0.2, 0) is 19.1 Å². The molecule has 9 heteroatoms. The molecular formula is C20H26N4O4S. The second kappa shape index (κ2) is 8.35. The van der Waals surface area contributed by atoms with E-state index in [9.17, 15) is 9.59 Å². The lowest BCUT2D eigenvalue weighted by Crippen LogP contribution is -2.58.